The van der Waals surface area contributed by atoms with Gasteiger partial charge in [-0.2, -0.15) is 0 Å². The zero-order valence-electron chi connectivity index (χ0n) is 14.3. The molecule has 3 rings (SSSR count). The van der Waals surface area contributed by atoms with Crippen LogP contribution < -0.4 is 5.32 Å². The Balaban J connectivity index is 1.61. The molecule has 0 saturated carbocycles. The van der Waals surface area contributed by atoms with Gasteiger partial charge in [0.25, 0.3) is 0 Å². The Labute approximate surface area is 148 Å². The summed E-state index contributed by atoms with van der Waals surface area (Å²) in [6, 6.07) is 10.4. The standard InChI is InChI=1S/C19H24ClN3O/c1-13(2)11-18(24)23-9-7-15(8-10-23)21-17-12-14-5-3-4-6-16(14)19(20)22-17/h3-6,12-13,15H,7-11H2,1-2H3,(H,21,22). The third kappa shape index (κ3) is 3.99. The third-order valence-electron chi connectivity index (χ3n) is 4.48. The van der Waals surface area contributed by atoms with Crippen molar-refractivity contribution in [1.29, 1.82) is 0 Å². The van der Waals surface area contributed by atoms with Gasteiger partial charge in [0.2, 0.25) is 5.91 Å². The highest BCUT2D eigenvalue weighted by Crippen LogP contribution is 2.26. The number of hydrogen-bond acceptors (Lipinski definition) is 3. The first kappa shape index (κ1) is 17.0. The molecule has 0 bridgehead atoms. The average Bonchev–Trinajstić information content (AvgIpc) is 2.55. The van der Waals surface area contributed by atoms with Crippen molar-refractivity contribution >= 4 is 34.1 Å². The molecular formula is C19H24ClN3O. The maximum atomic E-state index is 12.1. The monoisotopic (exact) mass is 345 g/mol. The van der Waals surface area contributed by atoms with Crippen LogP contribution >= 0.6 is 11.6 Å². The number of carbonyl (C=O) groups excluding carboxylic acids is 1. The van der Waals surface area contributed by atoms with E-state index in [0.717, 1.165) is 42.5 Å². The van der Waals surface area contributed by atoms with Crippen LogP contribution in [0.25, 0.3) is 10.8 Å². The number of piperidine rings is 1. The number of benzene rings is 1. The summed E-state index contributed by atoms with van der Waals surface area (Å²) in [7, 11) is 0. The number of nitrogens with one attached hydrogen (secondary N) is 1. The van der Waals surface area contributed by atoms with Crippen LogP contribution in [0.4, 0.5) is 5.82 Å². The predicted molar refractivity (Wildman–Crippen MR) is 99.4 cm³/mol. The summed E-state index contributed by atoms with van der Waals surface area (Å²) in [6.07, 6.45) is 2.52. The summed E-state index contributed by atoms with van der Waals surface area (Å²) >= 11 is 6.29. The molecular weight excluding hydrogens is 322 g/mol. The number of carbonyl (C=O) groups is 1. The number of rotatable bonds is 4. The summed E-state index contributed by atoms with van der Waals surface area (Å²) in [6.45, 7) is 5.79. The van der Waals surface area contributed by atoms with E-state index < -0.39 is 0 Å². The Morgan fingerprint density at radius 1 is 1.33 bits per heavy atom. The number of amides is 1. The fraction of sp³-hybridized carbons (Fsp3) is 0.474. The van der Waals surface area contributed by atoms with Gasteiger partial charge in [-0.3, -0.25) is 4.79 Å². The fourth-order valence-electron chi connectivity index (χ4n) is 3.19. The molecule has 0 atom stereocenters. The first-order valence-electron chi connectivity index (χ1n) is 8.62. The van der Waals surface area contributed by atoms with Gasteiger partial charge in [-0.1, -0.05) is 49.7 Å². The smallest absolute Gasteiger partial charge is 0.222 e. The molecule has 1 saturated heterocycles. The van der Waals surface area contributed by atoms with E-state index in [4.69, 9.17) is 11.6 Å². The van der Waals surface area contributed by atoms with E-state index in [0.29, 0.717) is 23.5 Å². The number of pyridine rings is 1. The minimum Gasteiger partial charge on any atom is -0.367 e. The van der Waals surface area contributed by atoms with Crippen molar-refractivity contribution in [3.8, 4) is 0 Å². The molecule has 128 valence electrons. The van der Waals surface area contributed by atoms with E-state index in [2.05, 4.69) is 24.1 Å². The largest absolute Gasteiger partial charge is 0.367 e. The number of hydrogen-bond donors (Lipinski definition) is 1. The van der Waals surface area contributed by atoms with Crippen molar-refractivity contribution < 1.29 is 4.79 Å². The Hall–Kier alpha value is -1.81. The molecule has 1 aromatic heterocycles. The average molecular weight is 346 g/mol. The van der Waals surface area contributed by atoms with Crippen molar-refractivity contribution in [2.45, 2.75) is 39.2 Å². The Morgan fingerprint density at radius 3 is 2.75 bits per heavy atom. The van der Waals surface area contributed by atoms with Gasteiger partial charge in [-0.05, 0) is 30.2 Å². The van der Waals surface area contributed by atoms with Crippen LogP contribution in [-0.4, -0.2) is 34.9 Å². The van der Waals surface area contributed by atoms with Gasteiger partial charge >= 0.3 is 0 Å². The van der Waals surface area contributed by atoms with Gasteiger partial charge in [0, 0.05) is 30.9 Å². The second-order valence-corrected chi connectivity index (χ2v) is 7.27. The van der Waals surface area contributed by atoms with Gasteiger partial charge in [0.1, 0.15) is 11.0 Å². The second kappa shape index (κ2) is 7.39. The lowest BCUT2D eigenvalue weighted by Gasteiger charge is -2.33. The molecule has 4 nitrogen and oxygen atoms in total. The van der Waals surface area contributed by atoms with Crippen LogP contribution in [-0.2, 0) is 4.79 Å². The molecule has 1 aliphatic heterocycles. The van der Waals surface area contributed by atoms with Crippen LogP contribution in [0.2, 0.25) is 5.15 Å². The lowest BCUT2D eigenvalue weighted by Crippen LogP contribution is -2.42. The van der Waals surface area contributed by atoms with Crippen molar-refractivity contribution in [3.63, 3.8) is 0 Å². The van der Waals surface area contributed by atoms with Crippen LogP contribution in [0, 0.1) is 5.92 Å². The van der Waals surface area contributed by atoms with Crippen molar-refractivity contribution in [2.24, 2.45) is 5.92 Å². The normalized spacial score (nSPS) is 15.9. The first-order chi connectivity index (χ1) is 11.5. The Bertz CT molecular complexity index is 724. The molecule has 1 aliphatic rings. The minimum absolute atomic E-state index is 0.273. The fourth-order valence-corrected chi connectivity index (χ4v) is 3.45. The van der Waals surface area contributed by atoms with Crippen molar-refractivity contribution in [2.75, 3.05) is 18.4 Å². The van der Waals surface area contributed by atoms with Gasteiger partial charge in [-0.15, -0.1) is 0 Å². The summed E-state index contributed by atoms with van der Waals surface area (Å²) in [4.78, 5) is 18.6. The van der Waals surface area contributed by atoms with Crippen molar-refractivity contribution in [3.05, 3.63) is 35.5 Å². The third-order valence-corrected chi connectivity index (χ3v) is 4.76. The second-order valence-electron chi connectivity index (χ2n) is 6.92. The van der Waals surface area contributed by atoms with Crippen LogP contribution in [0.15, 0.2) is 30.3 Å². The summed E-state index contributed by atoms with van der Waals surface area (Å²) in [5.74, 6) is 1.50. The quantitative estimate of drug-likeness (QED) is 0.838. The molecule has 0 radical (unpaired) electrons. The van der Waals surface area contributed by atoms with Crippen molar-refractivity contribution in [1.82, 2.24) is 9.88 Å². The SMILES string of the molecule is CC(C)CC(=O)N1CCC(Nc2cc3ccccc3c(Cl)n2)CC1. The summed E-state index contributed by atoms with van der Waals surface area (Å²) in [5.41, 5.74) is 0. The van der Waals surface area contributed by atoms with Crippen LogP contribution in [0.3, 0.4) is 0 Å². The van der Waals surface area contributed by atoms with Crippen LogP contribution in [0.5, 0.6) is 0 Å². The zero-order valence-corrected chi connectivity index (χ0v) is 15.0. The van der Waals surface area contributed by atoms with Crippen LogP contribution in [0.1, 0.15) is 33.1 Å². The molecule has 1 aromatic carbocycles. The number of nitrogens with zero attached hydrogens (tertiary/aromatic N) is 2. The van der Waals surface area contributed by atoms with Gasteiger partial charge in [0.05, 0.1) is 0 Å². The van der Waals surface area contributed by atoms with E-state index in [1.54, 1.807) is 0 Å². The lowest BCUT2D eigenvalue weighted by atomic mass is 10.0. The molecule has 5 heteroatoms. The maximum Gasteiger partial charge on any atom is 0.222 e. The van der Waals surface area contributed by atoms with Gasteiger partial charge < -0.3 is 10.2 Å². The zero-order chi connectivity index (χ0) is 17.1. The van der Waals surface area contributed by atoms with E-state index in [-0.39, 0.29) is 5.91 Å². The molecule has 0 spiro atoms. The highest BCUT2D eigenvalue weighted by molar-refractivity contribution is 6.34. The number of fused-ring (bicyclic) bond motifs is 1. The Morgan fingerprint density at radius 2 is 2.04 bits per heavy atom. The van der Waals surface area contributed by atoms with E-state index in [9.17, 15) is 4.79 Å². The van der Waals surface area contributed by atoms with Gasteiger partial charge in [0.15, 0.2) is 0 Å². The molecule has 1 fully saturated rings. The molecule has 1 amide bonds. The molecule has 1 N–H and O–H groups in total. The van der Waals surface area contributed by atoms with E-state index in [1.807, 2.05) is 35.2 Å². The molecule has 0 unspecified atom stereocenters. The minimum atomic E-state index is 0.273. The maximum absolute atomic E-state index is 12.1. The topological polar surface area (TPSA) is 45.2 Å². The number of anilines is 1. The molecule has 24 heavy (non-hydrogen) atoms. The predicted octanol–water partition coefficient (Wildman–Crippen LogP) is 4.34. The lowest BCUT2D eigenvalue weighted by molar-refractivity contribution is -0.132. The van der Waals surface area contributed by atoms with E-state index >= 15 is 0 Å². The Kier molecular flexibility index (Phi) is 5.24. The first-order valence-corrected chi connectivity index (χ1v) is 9.00. The highest BCUT2D eigenvalue weighted by atomic mass is 35.5. The molecule has 2 heterocycles. The van der Waals surface area contributed by atoms with Gasteiger partial charge in [-0.25, -0.2) is 4.98 Å². The summed E-state index contributed by atoms with van der Waals surface area (Å²) < 4.78 is 0. The molecule has 0 aliphatic carbocycles. The number of likely N-dealkylation sites (tertiary alicyclic amines) is 1. The summed E-state index contributed by atoms with van der Waals surface area (Å²) in [5, 5.41) is 6.07. The van der Waals surface area contributed by atoms with E-state index in [1.165, 1.54) is 0 Å². The number of halogens is 1. The number of aromatic nitrogens is 1. The highest BCUT2D eigenvalue weighted by Gasteiger charge is 2.23. The molecule has 2 aromatic rings.